The van der Waals surface area contributed by atoms with Gasteiger partial charge in [-0.05, 0) is 97.6 Å². The molecule has 3 aliphatic carbocycles. The first-order valence-electron chi connectivity index (χ1n) is 13.0. The predicted molar refractivity (Wildman–Crippen MR) is 136 cm³/mol. The lowest BCUT2D eigenvalue weighted by atomic mass is 9.95. The molecule has 3 atom stereocenters. The minimum Gasteiger partial charge on any atom is -0.349 e. The number of halogens is 1. The molecule has 7 heteroatoms. The number of nitrogens with zero attached hydrogens (tertiary/aromatic N) is 4. The molecule has 0 aliphatic heterocycles. The number of aryl methyl sites for hydroxylation is 1. The first kappa shape index (κ1) is 21.8. The number of amides is 1. The molecule has 184 valence electrons. The summed E-state index contributed by atoms with van der Waals surface area (Å²) in [6.07, 6.45) is 14.9. The molecule has 1 amide bonds. The third-order valence-electron chi connectivity index (χ3n) is 8.82. The van der Waals surface area contributed by atoms with E-state index in [0.29, 0.717) is 11.3 Å². The number of fused-ring (bicyclic) bond motifs is 1. The van der Waals surface area contributed by atoms with Crippen LogP contribution in [-0.4, -0.2) is 31.1 Å². The Bertz CT molecular complexity index is 1520. The number of pyridine rings is 1. The minimum atomic E-state index is -0.495. The topological polar surface area (TPSA) is 64.2 Å². The van der Waals surface area contributed by atoms with Crippen molar-refractivity contribution in [3.05, 3.63) is 71.6 Å². The van der Waals surface area contributed by atoms with Gasteiger partial charge in [-0.1, -0.05) is 13.0 Å². The summed E-state index contributed by atoms with van der Waals surface area (Å²) >= 11 is 0. The Morgan fingerprint density at radius 1 is 1.14 bits per heavy atom. The lowest BCUT2D eigenvalue weighted by Crippen LogP contribution is -2.26. The van der Waals surface area contributed by atoms with Crippen LogP contribution in [0.15, 0.2) is 49.1 Å². The number of benzene rings is 1. The lowest BCUT2D eigenvalue weighted by molar-refractivity contribution is 0.0947. The van der Waals surface area contributed by atoms with Crippen molar-refractivity contribution >= 4 is 11.6 Å². The third-order valence-corrected chi connectivity index (χ3v) is 8.82. The van der Waals surface area contributed by atoms with Gasteiger partial charge in [0, 0.05) is 24.0 Å². The van der Waals surface area contributed by atoms with Crippen LogP contribution in [0, 0.1) is 24.1 Å². The zero-order valence-corrected chi connectivity index (χ0v) is 20.7. The molecule has 6 nitrogen and oxygen atoms in total. The number of hydrogen-bond acceptors (Lipinski definition) is 3. The summed E-state index contributed by atoms with van der Waals surface area (Å²) in [5, 5.41) is 7.50. The molecule has 0 radical (unpaired) electrons. The highest BCUT2D eigenvalue weighted by Gasteiger charge is 2.54. The Kier molecular flexibility index (Phi) is 4.69. The van der Waals surface area contributed by atoms with Crippen molar-refractivity contribution in [1.82, 2.24) is 24.5 Å². The zero-order valence-electron chi connectivity index (χ0n) is 20.7. The van der Waals surface area contributed by atoms with Gasteiger partial charge >= 0.3 is 0 Å². The normalized spacial score (nSPS) is 25.1. The number of carbonyl (C=O) groups is 1. The molecule has 3 heterocycles. The Morgan fingerprint density at radius 2 is 1.97 bits per heavy atom. The van der Waals surface area contributed by atoms with E-state index in [0.717, 1.165) is 46.9 Å². The van der Waals surface area contributed by atoms with Gasteiger partial charge in [0.1, 0.15) is 11.5 Å². The van der Waals surface area contributed by atoms with Crippen molar-refractivity contribution in [3.8, 4) is 16.9 Å². The molecule has 0 bridgehead atoms. The maximum atomic E-state index is 14.6. The molecule has 36 heavy (non-hydrogen) atoms. The average Bonchev–Trinajstić information content (AvgIpc) is 3.53. The molecule has 3 fully saturated rings. The summed E-state index contributed by atoms with van der Waals surface area (Å²) in [6, 6.07) is 7.58. The van der Waals surface area contributed by atoms with Crippen molar-refractivity contribution in [2.24, 2.45) is 11.3 Å². The third kappa shape index (κ3) is 3.55. The molecule has 2 unspecified atom stereocenters. The van der Waals surface area contributed by atoms with Gasteiger partial charge in [0.25, 0.3) is 5.91 Å². The molecule has 7 rings (SSSR count). The molecule has 3 aliphatic rings. The smallest absolute Gasteiger partial charge is 0.254 e. The van der Waals surface area contributed by atoms with E-state index in [1.54, 1.807) is 12.3 Å². The first-order chi connectivity index (χ1) is 17.4. The largest absolute Gasteiger partial charge is 0.349 e. The second-order valence-corrected chi connectivity index (χ2v) is 11.3. The Balaban J connectivity index is 1.21. The first-order valence-corrected chi connectivity index (χ1v) is 13.0. The van der Waals surface area contributed by atoms with E-state index in [1.165, 1.54) is 37.3 Å². The second-order valence-electron chi connectivity index (χ2n) is 11.3. The number of nitrogens with one attached hydrogen (secondary N) is 1. The number of imidazole rings is 1. The van der Waals surface area contributed by atoms with E-state index in [9.17, 15) is 9.18 Å². The molecule has 1 aromatic carbocycles. The van der Waals surface area contributed by atoms with E-state index in [-0.39, 0.29) is 17.5 Å². The number of hydrogen-bond donors (Lipinski definition) is 1. The minimum absolute atomic E-state index is 0.0778. The highest BCUT2D eigenvalue weighted by atomic mass is 19.1. The van der Waals surface area contributed by atoms with Crippen molar-refractivity contribution in [2.45, 2.75) is 64.3 Å². The van der Waals surface area contributed by atoms with Gasteiger partial charge in [-0.2, -0.15) is 5.10 Å². The molecular formula is C29H30FN5O. The highest BCUT2D eigenvalue weighted by molar-refractivity contribution is 5.96. The Hall–Kier alpha value is -3.48. The van der Waals surface area contributed by atoms with Gasteiger partial charge in [-0.15, -0.1) is 0 Å². The van der Waals surface area contributed by atoms with Gasteiger partial charge in [-0.3, -0.25) is 9.20 Å². The van der Waals surface area contributed by atoms with Crippen molar-refractivity contribution in [3.63, 3.8) is 0 Å². The van der Waals surface area contributed by atoms with Crippen molar-refractivity contribution in [1.29, 1.82) is 0 Å². The molecular weight excluding hydrogens is 453 g/mol. The molecule has 1 spiro atoms. The summed E-state index contributed by atoms with van der Waals surface area (Å²) in [4.78, 5) is 17.2. The van der Waals surface area contributed by atoms with Crippen LogP contribution in [0.5, 0.6) is 0 Å². The van der Waals surface area contributed by atoms with Crippen molar-refractivity contribution in [2.75, 3.05) is 0 Å². The van der Waals surface area contributed by atoms with Crippen LogP contribution in [0.2, 0.25) is 0 Å². The van der Waals surface area contributed by atoms with Crippen molar-refractivity contribution < 1.29 is 9.18 Å². The van der Waals surface area contributed by atoms with Gasteiger partial charge in [0.05, 0.1) is 18.0 Å². The van der Waals surface area contributed by atoms with E-state index in [1.807, 2.05) is 24.0 Å². The van der Waals surface area contributed by atoms with Gasteiger partial charge in [0.2, 0.25) is 0 Å². The molecule has 1 N–H and O–H groups in total. The van der Waals surface area contributed by atoms with E-state index < -0.39 is 5.82 Å². The summed E-state index contributed by atoms with van der Waals surface area (Å²) in [5.74, 6) is 1.48. The molecule has 0 saturated heterocycles. The predicted octanol–water partition coefficient (Wildman–Crippen LogP) is 5.82. The Morgan fingerprint density at radius 3 is 2.72 bits per heavy atom. The number of rotatable bonds is 5. The van der Waals surface area contributed by atoms with Crippen LogP contribution in [0.25, 0.3) is 22.6 Å². The van der Waals surface area contributed by atoms with E-state index in [4.69, 9.17) is 0 Å². The van der Waals surface area contributed by atoms with Gasteiger partial charge in [0.15, 0.2) is 5.82 Å². The summed E-state index contributed by atoms with van der Waals surface area (Å²) in [6.45, 7) is 4.24. The van der Waals surface area contributed by atoms with Crippen LogP contribution in [0.3, 0.4) is 0 Å². The maximum Gasteiger partial charge on any atom is 0.254 e. The summed E-state index contributed by atoms with van der Waals surface area (Å²) < 4.78 is 18.5. The van der Waals surface area contributed by atoms with Gasteiger partial charge in [-0.25, -0.2) is 14.1 Å². The molecule has 3 aromatic heterocycles. The fourth-order valence-corrected chi connectivity index (χ4v) is 6.26. The lowest BCUT2D eigenvalue weighted by Gasteiger charge is -2.12. The fourth-order valence-electron chi connectivity index (χ4n) is 6.26. The van der Waals surface area contributed by atoms with Crippen LogP contribution in [-0.2, 0) is 0 Å². The Labute approximate surface area is 209 Å². The average molecular weight is 484 g/mol. The monoisotopic (exact) mass is 483 g/mol. The number of carbonyl (C=O) groups excluding carboxylic acids is 1. The van der Waals surface area contributed by atoms with Gasteiger partial charge < -0.3 is 5.32 Å². The summed E-state index contributed by atoms with van der Waals surface area (Å²) in [5.41, 5.74) is 5.32. The standard InChI is InChI=1S/C29H30FN5O/c1-17-9-25(30)24(28(36)33-22-4-5-22)10-23(17)21-13-32-35(16-21)27-14-31-26-6-3-20(15-34(26)27)19-7-8-29(12-19)11-18(29)2/h3,6,9-10,13-16,18-19,22H,4-5,7-8,11-12H2,1-2H3,(H,33,36)/t18?,19-,29?/m0/s1. The van der Waals surface area contributed by atoms with Crippen LogP contribution in [0.4, 0.5) is 4.39 Å². The number of aromatic nitrogens is 4. The molecule has 4 aromatic rings. The van der Waals surface area contributed by atoms with Crippen LogP contribution < -0.4 is 5.32 Å². The quantitative estimate of drug-likeness (QED) is 0.389. The maximum absolute atomic E-state index is 14.6. The highest BCUT2D eigenvalue weighted by Crippen LogP contribution is 2.65. The van der Waals surface area contributed by atoms with Crippen LogP contribution >= 0.6 is 0 Å². The van der Waals surface area contributed by atoms with E-state index >= 15 is 0 Å². The van der Waals surface area contributed by atoms with E-state index in [2.05, 4.69) is 45.1 Å². The SMILES string of the molecule is Cc1cc(F)c(C(=O)NC2CC2)cc1-c1cnn(-c2cnc3ccc([C@H]4CCC5(CC5C)C4)cn23)c1. The second kappa shape index (κ2) is 7.76. The fraction of sp³-hybridized carbons (Fsp3) is 0.414. The molecule has 3 saturated carbocycles. The zero-order chi connectivity index (χ0) is 24.6. The van der Waals surface area contributed by atoms with Crippen LogP contribution in [0.1, 0.15) is 72.9 Å². The summed E-state index contributed by atoms with van der Waals surface area (Å²) in [7, 11) is 0.